The Bertz CT molecular complexity index is 263. The van der Waals surface area contributed by atoms with E-state index < -0.39 is 0 Å². The van der Waals surface area contributed by atoms with E-state index in [1.807, 2.05) is 0 Å². The van der Waals surface area contributed by atoms with E-state index in [-0.39, 0.29) is 11.8 Å². The Morgan fingerprint density at radius 1 is 1.60 bits per heavy atom. The van der Waals surface area contributed by atoms with Crippen molar-refractivity contribution >= 4 is 11.8 Å². The summed E-state index contributed by atoms with van der Waals surface area (Å²) < 4.78 is 0. The minimum Gasteiger partial charge on any atom is -0.356 e. The molecule has 0 saturated carbocycles. The third-order valence-electron chi connectivity index (χ3n) is 2.64. The average Bonchev–Trinajstić information content (AvgIpc) is 2.25. The first kappa shape index (κ1) is 11.8. The lowest BCUT2D eigenvalue weighted by Gasteiger charge is -2.32. The van der Waals surface area contributed by atoms with Crippen molar-refractivity contribution in [1.82, 2.24) is 10.2 Å². The van der Waals surface area contributed by atoms with E-state index in [0.29, 0.717) is 12.5 Å². The minimum absolute atomic E-state index is 0.0116. The van der Waals surface area contributed by atoms with Crippen LogP contribution >= 0.6 is 0 Å². The monoisotopic (exact) mass is 210 g/mol. The number of hydrogen-bond acceptors (Lipinski definition) is 2. The van der Waals surface area contributed by atoms with E-state index in [0.717, 1.165) is 25.9 Å². The van der Waals surface area contributed by atoms with Gasteiger partial charge in [-0.1, -0.05) is 6.58 Å². The van der Waals surface area contributed by atoms with Crippen LogP contribution < -0.4 is 5.32 Å². The van der Waals surface area contributed by atoms with Gasteiger partial charge in [-0.3, -0.25) is 9.59 Å². The summed E-state index contributed by atoms with van der Waals surface area (Å²) >= 11 is 0. The summed E-state index contributed by atoms with van der Waals surface area (Å²) in [6.45, 7) is 7.18. The summed E-state index contributed by atoms with van der Waals surface area (Å²) in [5, 5.41) is 2.79. The summed E-state index contributed by atoms with van der Waals surface area (Å²) in [5.41, 5.74) is 0. The van der Waals surface area contributed by atoms with Crippen LogP contribution in [0, 0.1) is 5.92 Å². The van der Waals surface area contributed by atoms with Crippen LogP contribution in [0.2, 0.25) is 0 Å². The predicted molar refractivity (Wildman–Crippen MR) is 58.2 cm³/mol. The van der Waals surface area contributed by atoms with Crippen LogP contribution in [0.25, 0.3) is 0 Å². The van der Waals surface area contributed by atoms with Crippen molar-refractivity contribution in [3.63, 3.8) is 0 Å². The van der Waals surface area contributed by atoms with Crippen molar-refractivity contribution < 1.29 is 9.59 Å². The van der Waals surface area contributed by atoms with Gasteiger partial charge in [-0.25, -0.2) is 0 Å². The van der Waals surface area contributed by atoms with Gasteiger partial charge >= 0.3 is 0 Å². The van der Waals surface area contributed by atoms with Crippen molar-refractivity contribution in [1.29, 1.82) is 0 Å². The Morgan fingerprint density at radius 2 is 2.33 bits per heavy atom. The zero-order valence-corrected chi connectivity index (χ0v) is 9.16. The smallest absolute Gasteiger partial charge is 0.245 e. The second kappa shape index (κ2) is 5.53. The lowest BCUT2D eigenvalue weighted by Crippen LogP contribution is -2.42. The fourth-order valence-electron chi connectivity index (χ4n) is 1.85. The molecule has 2 amide bonds. The Kier molecular flexibility index (Phi) is 4.34. The zero-order valence-electron chi connectivity index (χ0n) is 9.16. The summed E-state index contributed by atoms with van der Waals surface area (Å²) in [7, 11) is 0. The van der Waals surface area contributed by atoms with Crippen LogP contribution in [0.1, 0.15) is 19.8 Å². The topological polar surface area (TPSA) is 49.4 Å². The van der Waals surface area contributed by atoms with Crippen molar-refractivity contribution in [2.75, 3.05) is 19.6 Å². The van der Waals surface area contributed by atoms with E-state index in [4.69, 9.17) is 0 Å². The van der Waals surface area contributed by atoms with Gasteiger partial charge in [-0.2, -0.15) is 0 Å². The minimum atomic E-state index is -0.0119. The zero-order chi connectivity index (χ0) is 11.3. The molecule has 4 heteroatoms. The van der Waals surface area contributed by atoms with E-state index in [2.05, 4.69) is 11.9 Å². The molecule has 0 bridgehead atoms. The van der Waals surface area contributed by atoms with Gasteiger partial charge in [0.25, 0.3) is 0 Å². The highest BCUT2D eigenvalue weighted by Crippen LogP contribution is 2.15. The number of amides is 2. The van der Waals surface area contributed by atoms with Crippen molar-refractivity contribution in [3.05, 3.63) is 12.7 Å². The van der Waals surface area contributed by atoms with Gasteiger partial charge in [0, 0.05) is 26.6 Å². The molecule has 1 heterocycles. The Balaban J connectivity index is 2.38. The second-order valence-electron chi connectivity index (χ2n) is 3.93. The fraction of sp³-hybridized carbons (Fsp3) is 0.636. The molecular formula is C11H18N2O2. The summed E-state index contributed by atoms with van der Waals surface area (Å²) in [4.78, 5) is 23.9. The highest BCUT2D eigenvalue weighted by atomic mass is 16.2. The van der Waals surface area contributed by atoms with Gasteiger partial charge in [-0.05, 0) is 24.8 Å². The van der Waals surface area contributed by atoms with Gasteiger partial charge in [-0.15, -0.1) is 0 Å². The number of carbonyl (C=O) groups is 2. The number of rotatable bonds is 3. The summed E-state index contributed by atoms with van der Waals surface area (Å²) in [6, 6.07) is 0. The molecule has 1 aliphatic heterocycles. The predicted octanol–water partition coefficient (Wildman–Crippen LogP) is 0.547. The highest BCUT2D eigenvalue weighted by molar-refractivity contribution is 5.87. The van der Waals surface area contributed by atoms with Crippen LogP contribution in [0.4, 0.5) is 0 Å². The molecule has 4 nitrogen and oxygen atoms in total. The van der Waals surface area contributed by atoms with Gasteiger partial charge in [0.2, 0.25) is 11.8 Å². The SMILES string of the molecule is C=CC(=O)N1CCCC(CNC(C)=O)C1. The quantitative estimate of drug-likeness (QED) is 0.691. The van der Waals surface area contributed by atoms with Crippen molar-refractivity contribution in [2.45, 2.75) is 19.8 Å². The van der Waals surface area contributed by atoms with Crippen LogP contribution in [0.15, 0.2) is 12.7 Å². The van der Waals surface area contributed by atoms with E-state index in [1.54, 1.807) is 4.90 Å². The van der Waals surface area contributed by atoms with Gasteiger partial charge < -0.3 is 10.2 Å². The number of hydrogen-bond donors (Lipinski definition) is 1. The number of likely N-dealkylation sites (tertiary alicyclic amines) is 1. The van der Waals surface area contributed by atoms with E-state index >= 15 is 0 Å². The molecule has 1 aliphatic rings. The molecule has 0 radical (unpaired) electrons. The molecule has 0 aromatic rings. The largest absolute Gasteiger partial charge is 0.356 e. The number of nitrogens with one attached hydrogen (secondary N) is 1. The highest BCUT2D eigenvalue weighted by Gasteiger charge is 2.21. The Labute approximate surface area is 90.3 Å². The van der Waals surface area contributed by atoms with Gasteiger partial charge in [0.15, 0.2) is 0 Å². The molecule has 1 unspecified atom stereocenters. The molecule has 0 aromatic carbocycles. The molecular weight excluding hydrogens is 192 g/mol. The molecule has 15 heavy (non-hydrogen) atoms. The van der Waals surface area contributed by atoms with E-state index in [9.17, 15) is 9.59 Å². The van der Waals surface area contributed by atoms with Crippen molar-refractivity contribution in [3.8, 4) is 0 Å². The van der Waals surface area contributed by atoms with Crippen LogP contribution in [-0.2, 0) is 9.59 Å². The molecule has 0 spiro atoms. The normalized spacial score (nSPS) is 20.9. The maximum Gasteiger partial charge on any atom is 0.245 e. The molecule has 1 N–H and O–H groups in total. The summed E-state index contributed by atoms with van der Waals surface area (Å²) in [6.07, 6.45) is 3.42. The average molecular weight is 210 g/mol. The first-order valence-corrected chi connectivity index (χ1v) is 5.29. The van der Waals surface area contributed by atoms with Crippen LogP contribution in [0.3, 0.4) is 0 Å². The standard InChI is InChI=1S/C11H18N2O2/c1-3-11(15)13-6-4-5-10(8-13)7-12-9(2)14/h3,10H,1,4-8H2,2H3,(H,12,14). The molecule has 0 aromatic heterocycles. The molecule has 1 rings (SSSR count). The van der Waals surface area contributed by atoms with Gasteiger partial charge in [0.1, 0.15) is 0 Å². The van der Waals surface area contributed by atoms with Crippen LogP contribution in [0.5, 0.6) is 0 Å². The number of nitrogens with zero attached hydrogens (tertiary/aromatic N) is 1. The third kappa shape index (κ3) is 3.73. The maximum atomic E-state index is 11.4. The second-order valence-corrected chi connectivity index (χ2v) is 3.93. The third-order valence-corrected chi connectivity index (χ3v) is 2.64. The molecule has 1 fully saturated rings. The van der Waals surface area contributed by atoms with E-state index in [1.165, 1.54) is 13.0 Å². The maximum absolute atomic E-state index is 11.4. The lowest BCUT2D eigenvalue weighted by molar-refractivity contribution is -0.127. The summed E-state index contributed by atoms with van der Waals surface area (Å²) in [5.74, 6) is 0.358. The molecule has 0 aliphatic carbocycles. The molecule has 84 valence electrons. The first-order valence-electron chi connectivity index (χ1n) is 5.29. The molecule has 1 saturated heterocycles. The van der Waals surface area contributed by atoms with Crippen LogP contribution in [-0.4, -0.2) is 36.3 Å². The first-order chi connectivity index (χ1) is 7.13. The number of piperidine rings is 1. The molecule has 1 atom stereocenters. The Hall–Kier alpha value is -1.32. The Morgan fingerprint density at radius 3 is 2.93 bits per heavy atom. The lowest BCUT2D eigenvalue weighted by atomic mass is 9.98. The van der Waals surface area contributed by atoms with Gasteiger partial charge in [0.05, 0.1) is 0 Å². The number of carbonyl (C=O) groups excluding carboxylic acids is 2. The fourth-order valence-corrected chi connectivity index (χ4v) is 1.85. The van der Waals surface area contributed by atoms with Crippen molar-refractivity contribution in [2.24, 2.45) is 5.92 Å².